The van der Waals surface area contributed by atoms with Crippen LogP contribution in [0, 0.1) is 12.7 Å². The molecular weight excluding hydrogens is 229 g/mol. The summed E-state index contributed by atoms with van der Waals surface area (Å²) in [6.45, 7) is 4.83. The fourth-order valence-corrected chi connectivity index (χ4v) is 2.08. The van der Waals surface area contributed by atoms with E-state index in [0.717, 1.165) is 24.3 Å². The maximum Gasteiger partial charge on any atom is 0.128 e. The molecule has 1 aromatic carbocycles. The van der Waals surface area contributed by atoms with Crippen LogP contribution >= 0.6 is 0 Å². The molecule has 1 aromatic heterocycles. The first-order valence-corrected chi connectivity index (χ1v) is 6.25. The second kappa shape index (κ2) is 5.83. The largest absolute Gasteiger partial charge is 0.469 e. The van der Waals surface area contributed by atoms with Crippen LogP contribution in [0.2, 0.25) is 0 Å². The minimum atomic E-state index is -0.188. The van der Waals surface area contributed by atoms with Gasteiger partial charge in [-0.05, 0) is 32.0 Å². The van der Waals surface area contributed by atoms with E-state index < -0.39 is 0 Å². The number of rotatable bonds is 5. The number of nitrogens with one attached hydrogen (secondary N) is 1. The summed E-state index contributed by atoms with van der Waals surface area (Å²) >= 11 is 0. The maximum atomic E-state index is 13.9. The smallest absolute Gasteiger partial charge is 0.128 e. The van der Waals surface area contributed by atoms with E-state index in [2.05, 4.69) is 12.2 Å². The molecule has 2 nitrogen and oxygen atoms in total. The molecule has 2 aromatic rings. The molecule has 0 spiro atoms. The van der Waals surface area contributed by atoms with Gasteiger partial charge in [-0.25, -0.2) is 4.39 Å². The van der Waals surface area contributed by atoms with Crippen molar-refractivity contribution < 1.29 is 8.81 Å². The molecule has 0 aliphatic carbocycles. The molecule has 2 rings (SSSR count). The molecule has 1 unspecified atom stereocenters. The molecule has 0 radical (unpaired) electrons. The summed E-state index contributed by atoms with van der Waals surface area (Å²) in [6, 6.07) is 8.62. The summed E-state index contributed by atoms with van der Waals surface area (Å²) in [6.07, 6.45) is 2.65. The Bertz CT molecular complexity index is 507. The summed E-state index contributed by atoms with van der Waals surface area (Å²) in [4.78, 5) is 0. The van der Waals surface area contributed by atoms with E-state index in [-0.39, 0.29) is 11.9 Å². The Balaban J connectivity index is 2.37. The summed E-state index contributed by atoms with van der Waals surface area (Å²) in [5.41, 5.74) is 1.66. The van der Waals surface area contributed by atoms with Crippen LogP contribution in [0.25, 0.3) is 0 Å². The summed E-state index contributed by atoms with van der Waals surface area (Å²) in [5.74, 6) is 0.638. The van der Waals surface area contributed by atoms with Gasteiger partial charge >= 0.3 is 0 Å². The third-order valence-corrected chi connectivity index (χ3v) is 3.02. The highest BCUT2D eigenvalue weighted by molar-refractivity contribution is 5.33. The molecule has 96 valence electrons. The Kier molecular flexibility index (Phi) is 4.15. The Morgan fingerprint density at radius 3 is 2.61 bits per heavy atom. The lowest BCUT2D eigenvalue weighted by atomic mass is 9.98. The zero-order chi connectivity index (χ0) is 13.0. The predicted octanol–water partition coefficient (Wildman–Crippen LogP) is 3.82. The van der Waals surface area contributed by atoms with Gasteiger partial charge in [-0.3, -0.25) is 0 Å². The number of aryl methyl sites for hydroxylation is 1. The van der Waals surface area contributed by atoms with Crippen LogP contribution in [0.3, 0.4) is 0 Å². The Labute approximate surface area is 107 Å². The second-order valence-corrected chi connectivity index (χ2v) is 4.34. The topological polar surface area (TPSA) is 25.2 Å². The molecule has 0 saturated heterocycles. The van der Waals surface area contributed by atoms with E-state index in [1.807, 2.05) is 25.1 Å². The van der Waals surface area contributed by atoms with Crippen molar-refractivity contribution >= 4 is 0 Å². The highest BCUT2D eigenvalue weighted by Gasteiger charge is 2.19. The molecule has 1 atom stereocenters. The van der Waals surface area contributed by atoms with Gasteiger partial charge in [0.25, 0.3) is 0 Å². The number of hydrogen-bond donors (Lipinski definition) is 1. The first-order valence-electron chi connectivity index (χ1n) is 6.25. The Hall–Kier alpha value is -1.61. The molecule has 3 heteroatoms. The van der Waals surface area contributed by atoms with Crippen molar-refractivity contribution in [3.8, 4) is 0 Å². The number of furan rings is 1. The van der Waals surface area contributed by atoms with Crippen molar-refractivity contribution in [2.24, 2.45) is 0 Å². The third-order valence-electron chi connectivity index (χ3n) is 3.02. The van der Waals surface area contributed by atoms with Gasteiger partial charge in [0.2, 0.25) is 0 Å². The maximum absolute atomic E-state index is 13.9. The van der Waals surface area contributed by atoms with Gasteiger partial charge in [-0.15, -0.1) is 0 Å². The van der Waals surface area contributed by atoms with Crippen LogP contribution in [0.5, 0.6) is 0 Å². The SMILES string of the molecule is CCCNC(c1ccccc1F)c1ccoc1C. The highest BCUT2D eigenvalue weighted by atomic mass is 19.1. The lowest BCUT2D eigenvalue weighted by Crippen LogP contribution is -2.24. The average Bonchev–Trinajstić information content (AvgIpc) is 2.78. The molecule has 0 saturated carbocycles. The van der Waals surface area contributed by atoms with Gasteiger partial charge in [0.05, 0.1) is 12.3 Å². The summed E-state index contributed by atoms with van der Waals surface area (Å²) in [7, 11) is 0. The van der Waals surface area contributed by atoms with Gasteiger partial charge in [0.15, 0.2) is 0 Å². The standard InChI is InChI=1S/C15H18FNO/c1-3-9-17-15(12-8-10-18-11(12)2)13-6-4-5-7-14(13)16/h4-8,10,15,17H,3,9H2,1-2H3. The molecule has 0 aliphatic rings. The minimum absolute atomic E-state index is 0.148. The van der Waals surface area contributed by atoms with Crippen LogP contribution in [0.15, 0.2) is 41.0 Å². The van der Waals surface area contributed by atoms with Crippen molar-refractivity contribution in [3.05, 3.63) is 59.3 Å². The molecule has 1 heterocycles. The van der Waals surface area contributed by atoms with Gasteiger partial charge in [-0.2, -0.15) is 0 Å². The van der Waals surface area contributed by atoms with Crippen molar-refractivity contribution in [2.75, 3.05) is 6.54 Å². The normalized spacial score (nSPS) is 12.6. The molecule has 0 aliphatic heterocycles. The van der Waals surface area contributed by atoms with Crippen molar-refractivity contribution in [1.29, 1.82) is 0 Å². The van der Waals surface area contributed by atoms with Gasteiger partial charge in [0, 0.05) is 11.1 Å². The zero-order valence-electron chi connectivity index (χ0n) is 10.7. The van der Waals surface area contributed by atoms with E-state index in [9.17, 15) is 4.39 Å². The second-order valence-electron chi connectivity index (χ2n) is 4.34. The Morgan fingerprint density at radius 2 is 2.00 bits per heavy atom. The molecule has 18 heavy (non-hydrogen) atoms. The predicted molar refractivity (Wildman–Crippen MR) is 70.0 cm³/mol. The monoisotopic (exact) mass is 247 g/mol. The number of benzene rings is 1. The van der Waals surface area contributed by atoms with Gasteiger partial charge < -0.3 is 9.73 Å². The average molecular weight is 247 g/mol. The van der Waals surface area contributed by atoms with E-state index in [1.165, 1.54) is 6.07 Å². The van der Waals surface area contributed by atoms with E-state index in [1.54, 1.807) is 12.3 Å². The first-order chi connectivity index (χ1) is 8.74. The minimum Gasteiger partial charge on any atom is -0.469 e. The van der Waals surface area contributed by atoms with Crippen LogP contribution in [-0.4, -0.2) is 6.54 Å². The van der Waals surface area contributed by atoms with Gasteiger partial charge in [0.1, 0.15) is 11.6 Å². The Morgan fingerprint density at radius 1 is 1.22 bits per heavy atom. The highest BCUT2D eigenvalue weighted by Crippen LogP contribution is 2.27. The summed E-state index contributed by atoms with van der Waals surface area (Å²) < 4.78 is 19.2. The molecule has 0 bridgehead atoms. The first kappa shape index (κ1) is 12.8. The van der Waals surface area contributed by atoms with Crippen LogP contribution < -0.4 is 5.32 Å². The molecule has 0 amide bonds. The van der Waals surface area contributed by atoms with Gasteiger partial charge in [-0.1, -0.05) is 25.1 Å². The number of halogens is 1. The fraction of sp³-hybridized carbons (Fsp3) is 0.333. The fourth-order valence-electron chi connectivity index (χ4n) is 2.08. The van der Waals surface area contributed by atoms with Crippen LogP contribution in [0.4, 0.5) is 4.39 Å². The van der Waals surface area contributed by atoms with E-state index in [0.29, 0.717) is 5.56 Å². The van der Waals surface area contributed by atoms with Crippen LogP contribution in [0.1, 0.15) is 36.3 Å². The van der Waals surface area contributed by atoms with E-state index >= 15 is 0 Å². The quantitative estimate of drug-likeness (QED) is 0.869. The van der Waals surface area contributed by atoms with Crippen molar-refractivity contribution in [3.63, 3.8) is 0 Å². The zero-order valence-corrected chi connectivity index (χ0v) is 10.7. The molecule has 0 fully saturated rings. The molecule has 1 N–H and O–H groups in total. The lowest BCUT2D eigenvalue weighted by molar-refractivity contribution is 0.508. The lowest BCUT2D eigenvalue weighted by Gasteiger charge is -2.19. The van der Waals surface area contributed by atoms with Crippen LogP contribution in [-0.2, 0) is 0 Å². The molecular formula is C15H18FNO. The third kappa shape index (κ3) is 2.62. The number of hydrogen-bond acceptors (Lipinski definition) is 2. The van der Waals surface area contributed by atoms with Crippen molar-refractivity contribution in [2.45, 2.75) is 26.3 Å². The summed E-state index contributed by atoms with van der Waals surface area (Å²) in [5, 5.41) is 3.37. The van der Waals surface area contributed by atoms with E-state index in [4.69, 9.17) is 4.42 Å². The van der Waals surface area contributed by atoms with Crippen molar-refractivity contribution in [1.82, 2.24) is 5.32 Å².